The molecule has 2 heterocycles. The SMILES string of the molecule is Cn1nncc1C=Cc1ncc(C=CC(=O)O)s1. The molecule has 0 saturated heterocycles. The van der Waals surface area contributed by atoms with E-state index >= 15 is 0 Å². The summed E-state index contributed by atoms with van der Waals surface area (Å²) in [6.07, 6.45) is 9.57. The first-order valence-electron chi connectivity index (χ1n) is 5.05. The second kappa shape index (κ2) is 5.37. The summed E-state index contributed by atoms with van der Waals surface area (Å²) < 4.78 is 1.65. The standard InChI is InChI=1S/C11H10N4O2S/c1-15-8(6-13-14-15)2-4-10-12-7-9(18-10)3-5-11(16)17/h2-7H,1H3,(H,16,17). The smallest absolute Gasteiger partial charge is 0.328 e. The second-order valence-electron chi connectivity index (χ2n) is 3.39. The first-order valence-corrected chi connectivity index (χ1v) is 5.86. The molecule has 0 saturated carbocycles. The fraction of sp³-hybridized carbons (Fsp3) is 0.0909. The third-order valence-corrected chi connectivity index (χ3v) is 3.01. The molecule has 18 heavy (non-hydrogen) atoms. The van der Waals surface area contributed by atoms with Crippen LogP contribution in [0.3, 0.4) is 0 Å². The Morgan fingerprint density at radius 1 is 1.39 bits per heavy atom. The van der Waals surface area contributed by atoms with Crippen LogP contribution in [-0.2, 0) is 11.8 Å². The molecule has 6 nitrogen and oxygen atoms in total. The van der Waals surface area contributed by atoms with Crippen molar-refractivity contribution in [2.24, 2.45) is 7.05 Å². The molecular weight excluding hydrogens is 252 g/mol. The van der Waals surface area contributed by atoms with E-state index in [1.54, 1.807) is 24.1 Å². The summed E-state index contributed by atoms with van der Waals surface area (Å²) in [4.78, 5) is 15.3. The first kappa shape index (κ1) is 12.2. The predicted molar refractivity (Wildman–Crippen MR) is 68.7 cm³/mol. The number of carbonyl (C=O) groups is 1. The fourth-order valence-corrected chi connectivity index (χ4v) is 1.94. The molecule has 0 bridgehead atoms. The van der Waals surface area contributed by atoms with Gasteiger partial charge in [0.25, 0.3) is 0 Å². The fourth-order valence-electron chi connectivity index (χ4n) is 1.21. The number of carboxylic acid groups (broad SMARTS) is 1. The Labute approximate surface area is 107 Å². The lowest BCUT2D eigenvalue weighted by Crippen LogP contribution is -1.92. The molecule has 0 spiro atoms. The first-order chi connectivity index (χ1) is 8.65. The van der Waals surface area contributed by atoms with Gasteiger partial charge in [0.2, 0.25) is 0 Å². The Hall–Kier alpha value is -2.28. The average molecular weight is 262 g/mol. The monoisotopic (exact) mass is 262 g/mol. The number of aromatic nitrogens is 4. The van der Waals surface area contributed by atoms with Crippen molar-refractivity contribution in [3.63, 3.8) is 0 Å². The molecule has 0 amide bonds. The van der Waals surface area contributed by atoms with Crippen LogP contribution >= 0.6 is 11.3 Å². The number of rotatable bonds is 4. The molecule has 2 aromatic rings. The Kier molecular flexibility index (Phi) is 3.63. The van der Waals surface area contributed by atoms with Crippen LogP contribution in [0, 0.1) is 0 Å². The highest BCUT2D eigenvalue weighted by Crippen LogP contribution is 2.16. The molecule has 2 rings (SSSR count). The van der Waals surface area contributed by atoms with Gasteiger partial charge in [0.05, 0.1) is 11.9 Å². The molecule has 0 aromatic carbocycles. The number of carboxylic acids is 1. The summed E-state index contributed by atoms with van der Waals surface area (Å²) in [6, 6.07) is 0. The molecule has 0 aliphatic carbocycles. The number of aryl methyl sites for hydroxylation is 1. The van der Waals surface area contributed by atoms with Gasteiger partial charge in [-0.05, 0) is 18.2 Å². The summed E-state index contributed by atoms with van der Waals surface area (Å²) >= 11 is 1.40. The Balaban J connectivity index is 2.09. The van der Waals surface area contributed by atoms with Crippen molar-refractivity contribution in [3.8, 4) is 0 Å². The molecule has 0 fully saturated rings. The minimum atomic E-state index is -0.971. The number of nitrogens with zero attached hydrogens (tertiary/aromatic N) is 4. The normalized spacial score (nSPS) is 11.6. The van der Waals surface area contributed by atoms with Crippen LogP contribution in [0.15, 0.2) is 18.5 Å². The van der Waals surface area contributed by atoms with Crippen molar-refractivity contribution in [1.82, 2.24) is 20.0 Å². The third kappa shape index (κ3) is 3.11. The Morgan fingerprint density at radius 2 is 2.22 bits per heavy atom. The van der Waals surface area contributed by atoms with Gasteiger partial charge in [-0.2, -0.15) is 0 Å². The highest BCUT2D eigenvalue weighted by atomic mass is 32.1. The van der Waals surface area contributed by atoms with Gasteiger partial charge in [0, 0.05) is 24.2 Å². The van der Waals surface area contributed by atoms with Gasteiger partial charge in [0.1, 0.15) is 5.01 Å². The van der Waals surface area contributed by atoms with Gasteiger partial charge in [-0.1, -0.05) is 5.21 Å². The number of hydrogen-bond acceptors (Lipinski definition) is 5. The molecule has 1 N–H and O–H groups in total. The molecule has 7 heteroatoms. The van der Waals surface area contributed by atoms with E-state index in [2.05, 4.69) is 15.3 Å². The van der Waals surface area contributed by atoms with E-state index < -0.39 is 5.97 Å². The van der Waals surface area contributed by atoms with E-state index in [0.29, 0.717) is 0 Å². The van der Waals surface area contributed by atoms with Gasteiger partial charge in [-0.25, -0.2) is 14.5 Å². The van der Waals surface area contributed by atoms with Crippen molar-refractivity contribution in [2.45, 2.75) is 0 Å². The van der Waals surface area contributed by atoms with Crippen molar-refractivity contribution in [3.05, 3.63) is 34.0 Å². The number of aliphatic carboxylic acids is 1. The number of thiazole rings is 1. The molecule has 0 radical (unpaired) electrons. The molecule has 0 atom stereocenters. The second-order valence-corrected chi connectivity index (χ2v) is 4.48. The minimum Gasteiger partial charge on any atom is -0.478 e. The average Bonchev–Trinajstić information content (AvgIpc) is 2.93. The lowest BCUT2D eigenvalue weighted by Gasteiger charge is -1.89. The van der Waals surface area contributed by atoms with Gasteiger partial charge in [-0.15, -0.1) is 16.4 Å². The van der Waals surface area contributed by atoms with Crippen LogP contribution in [0.2, 0.25) is 0 Å². The van der Waals surface area contributed by atoms with Crippen LogP contribution in [0.5, 0.6) is 0 Å². The van der Waals surface area contributed by atoms with E-state index in [1.807, 2.05) is 12.2 Å². The third-order valence-electron chi connectivity index (χ3n) is 2.08. The zero-order valence-electron chi connectivity index (χ0n) is 9.52. The van der Waals surface area contributed by atoms with Crippen LogP contribution in [0.1, 0.15) is 15.6 Å². The summed E-state index contributed by atoms with van der Waals surface area (Å²) in [5, 5.41) is 16.9. The maximum Gasteiger partial charge on any atom is 0.328 e. The molecule has 0 aliphatic rings. The van der Waals surface area contributed by atoms with E-state index in [4.69, 9.17) is 5.11 Å². The molecule has 0 aliphatic heterocycles. The zero-order chi connectivity index (χ0) is 13.0. The van der Waals surface area contributed by atoms with Crippen LogP contribution in [0.25, 0.3) is 18.2 Å². The van der Waals surface area contributed by atoms with Crippen LogP contribution < -0.4 is 0 Å². The Morgan fingerprint density at radius 3 is 2.89 bits per heavy atom. The van der Waals surface area contributed by atoms with Crippen molar-refractivity contribution in [1.29, 1.82) is 0 Å². The largest absolute Gasteiger partial charge is 0.478 e. The van der Waals surface area contributed by atoms with E-state index in [9.17, 15) is 4.79 Å². The number of hydrogen-bond donors (Lipinski definition) is 1. The molecular formula is C11H10N4O2S. The van der Waals surface area contributed by atoms with Crippen molar-refractivity contribution in [2.75, 3.05) is 0 Å². The summed E-state index contributed by atoms with van der Waals surface area (Å²) in [6.45, 7) is 0. The summed E-state index contributed by atoms with van der Waals surface area (Å²) in [5.74, 6) is -0.971. The van der Waals surface area contributed by atoms with Gasteiger partial charge >= 0.3 is 5.97 Å². The Bertz CT molecular complexity index is 612. The quantitative estimate of drug-likeness (QED) is 0.845. The lowest BCUT2D eigenvalue weighted by atomic mass is 10.4. The lowest BCUT2D eigenvalue weighted by molar-refractivity contribution is -0.131. The molecule has 92 valence electrons. The van der Waals surface area contributed by atoms with E-state index in [1.165, 1.54) is 17.4 Å². The maximum absolute atomic E-state index is 10.4. The summed E-state index contributed by atoms with van der Waals surface area (Å²) in [5.41, 5.74) is 0.868. The molecule has 0 unspecified atom stereocenters. The zero-order valence-corrected chi connectivity index (χ0v) is 10.3. The summed E-state index contributed by atoms with van der Waals surface area (Å²) in [7, 11) is 1.80. The van der Waals surface area contributed by atoms with E-state index in [-0.39, 0.29) is 0 Å². The predicted octanol–water partition coefficient (Wildman–Crippen LogP) is 1.54. The van der Waals surface area contributed by atoms with Gasteiger partial charge < -0.3 is 5.11 Å². The topological polar surface area (TPSA) is 80.9 Å². The minimum absolute atomic E-state index is 0.792. The van der Waals surface area contributed by atoms with Crippen molar-refractivity contribution >= 4 is 35.5 Å². The van der Waals surface area contributed by atoms with Gasteiger partial charge in [-0.3, -0.25) is 0 Å². The van der Waals surface area contributed by atoms with E-state index in [0.717, 1.165) is 21.7 Å². The highest BCUT2D eigenvalue weighted by molar-refractivity contribution is 7.13. The van der Waals surface area contributed by atoms with Crippen molar-refractivity contribution < 1.29 is 9.90 Å². The maximum atomic E-state index is 10.4. The molecule has 2 aromatic heterocycles. The van der Waals surface area contributed by atoms with Crippen LogP contribution in [0.4, 0.5) is 0 Å². The van der Waals surface area contributed by atoms with Crippen LogP contribution in [-0.4, -0.2) is 31.1 Å². The highest BCUT2D eigenvalue weighted by Gasteiger charge is 1.98. The van der Waals surface area contributed by atoms with Gasteiger partial charge in [0.15, 0.2) is 0 Å².